The maximum atomic E-state index is 5.68. The van der Waals surface area contributed by atoms with Crippen LogP contribution in [0.4, 0.5) is 11.8 Å². The summed E-state index contributed by atoms with van der Waals surface area (Å²) in [4.78, 5) is 12.1. The van der Waals surface area contributed by atoms with Gasteiger partial charge in [0, 0.05) is 12.4 Å². The van der Waals surface area contributed by atoms with Crippen LogP contribution in [0.5, 0.6) is 5.75 Å². The second-order valence-electron chi connectivity index (χ2n) is 3.96. The summed E-state index contributed by atoms with van der Waals surface area (Å²) in [6.45, 7) is 0.291. The molecule has 0 aromatic carbocycles. The minimum absolute atomic E-state index is 0.123. The lowest BCUT2D eigenvalue weighted by Crippen LogP contribution is -2.04. The molecule has 0 aliphatic heterocycles. The summed E-state index contributed by atoms with van der Waals surface area (Å²) in [5, 5.41) is 0. The largest absolute Gasteiger partial charge is 0.482 e. The van der Waals surface area contributed by atoms with Crippen molar-refractivity contribution in [3.8, 4) is 5.75 Å². The Labute approximate surface area is 108 Å². The number of rotatable bonds is 3. The number of nitrogens with zero attached hydrogens (tertiary/aromatic N) is 4. The molecule has 0 amide bonds. The molecule has 0 spiro atoms. The van der Waals surface area contributed by atoms with Gasteiger partial charge in [-0.15, -0.1) is 0 Å². The highest BCUT2D eigenvalue weighted by Gasteiger charge is 2.06. The summed E-state index contributed by atoms with van der Waals surface area (Å²) in [5.74, 6) is 0.736. The molecular formula is C12H12N6O. The fraction of sp³-hybridized carbons (Fsp3) is 0.0833. The smallest absolute Gasteiger partial charge is 0.222 e. The number of fused-ring (bicyclic) bond motifs is 1. The van der Waals surface area contributed by atoms with Crippen LogP contribution in [-0.2, 0) is 6.61 Å². The average Bonchev–Trinajstić information content (AvgIpc) is 2.80. The summed E-state index contributed by atoms with van der Waals surface area (Å²) in [5.41, 5.74) is 12.7. The molecule has 0 radical (unpaired) electrons. The molecule has 0 aliphatic carbocycles. The van der Waals surface area contributed by atoms with Crippen LogP contribution in [-0.4, -0.2) is 19.4 Å². The number of anilines is 2. The van der Waals surface area contributed by atoms with Crippen molar-refractivity contribution in [1.29, 1.82) is 0 Å². The van der Waals surface area contributed by atoms with Gasteiger partial charge in [-0.05, 0) is 12.1 Å². The number of pyridine rings is 1. The molecule has 3 rings (SSSR count). The summed E-state index contributed by atoms with van der Waals surface area (Å²) in [6, 6.07) is 5.79. The van der Waals surface area contributed by atoms with E-state index >= 15 is 0 Å². The van der Waals surface area contributed by atoms with E-state index in [-0.39, 0.29) is 11.8 Å². The van der Waals surface area contributed by atoms with E-state index in [0.717, 1.165) is 11.3 Å². The van der Waals surface area contributed by atoms with Crippen LogP contribution >= 0.6 is 0 Å². The average molecular weight is 256 g/mol. The van der Waals surface area contributed by atoms with Gasteiger partial charge in [-0.1, -0.05) is 6.07 Å². The van der Waals surface area contributed by atoms with E-state index in [2.05, 4.69) is 15.0 Å². The first kappa shape index (κ1) is 11.3. The van der Waals surface area contributed by atoms with Gasteiger partial charge in [0.2, 0.25) is 5.95 Å². The molecule has 0 atom stereocenters. The van der Waals surface area contributed by atoms with Gasteiger partial charge in [0.15, 0.2) is 11.6 Å². The van der Waals surface area contributed by atoms with E-state index in [1.165, 1.54) is 6.20 Å². The fourth-order valence-electron chi connectivity index (χ4n) is 1.72. The summed E-state index contributed by atoms with van der Waals surface area (Å²) < 4.78 is 7.44. The van der Waals surface area contributed by atoms with Crippen LogP contribution in [0.1, 0.15) is 5.69 Å². The second-order valence-corrected chi connectivity index (χ2v) is 3.96. The number of ether oxygens (including phenoxy) is 1. The highest BCUT2D eigenvalue weighted by Crippen LogP contribution is 2.19. The molecule has 19 heavy (non-hydrogen) atoms. The van der Waals surface area contributed by atoms with Crippen molar-refractivity contribution in [2.24, 2.45) is 0 Å². The van der Waals surface area contributed by atoms with Crippen molar-refractivity contribution in [3.05, 3.63) is 42.5 Å². The van der Waals surface area contributed by atoms with Crippen LogP contribution in [0.2, 0.25) is 0 Å². The number of imidazole rings is 1. The SMILES string of the molecule is Nc1ncc(OCc2cn3ccccc3n2)c(N)n1. The van der Waals surface area contributed by atoms with E-state index in [1.54, 1.807) is 0 Å². The van der Waals surface area contributed by atoms with E-state index in [0.29, 0.717) is 12.4 Å². The Morgan fingerprint density at radius 3 is 2.89 bits per heavy atom. The number of hydrogen-bond acceptors (Lipinski definition) is 6. The van der Waals surface area contributed by atoms with Crippen molar-refractivity contribution < 1.29 is 4.74 Å². The Kier molecular flexibility index (Phi) is 2.64. The van der Waals surface area contributed by atoms with Crippen LogP contribution in [0.25, 0.3) is 5.65 Å². The van der Waals surface area contributed by atoms with Crippen LogP contribution in [0, 0.1) is 0 Å². The molecule has 3 aromatic rings. The van der Waals surface area contributed by atoms with Gasteiger partial charge in [-0.2, -0.15) is 4.98 Å². The lowest BCUT2D eigenvalue weighted by atomic mass is 10.5. The molecular weight excluding hydrogens is 244 g/mol. The zero-order chi connectivity index (χ0) is 13.2. The van der Waals surface area contributed by atoms with Gasteiger partial charge in [0.25, 0.3) is 0 Å². The molecule has 3 heterocycles. The van der Waals surface area contributed by atoms with Crippen LogP contribution < -0.4 is 16.2 Å². The normalized spacial score (nSPS) is 10.7. The van der Waals surface area contributed by atoms with E-state index in [9.17, 15) is 0 Å². The number of hydrogen-bond donors (Lipinski definition) is 2. The minimum atomic E-state index is 0.123. The van der Waals surface area contributed by atoms with Gasteiger partial charge in [-0.25, -0.2) is 9.97 Å². The van der Waals surface area contributed by atoms with Crippen LogP contribution in [0.15, 0.2) is 36.8 Å². The fourth-order valence-corrected chi connectivity index (χ4v) is 1.72. The predicted octanol–water partition coefficient (Wildman–Crippen LogP) is 0.868. The Balaban J connectivity index is 1.78. The zero-order valence-electron chi connectivity index (χ0n) is 10.0. The third-order valence-electron chi connectivity index (χ3n) is 2.59. The highest BCUT2D eigenvalue weighted by molar-refractivity contribution is 5.47. The maximum Gasteiger partial charge on any atom is 0.222 e. The summed E-state index contributed by atoms with van der Waals surface area (Å²) in [6.07, 6.45) is 5.27. The lowest BCUT2D eigenvalue weighted by molar-refractivity contribution is 0.301. The summed E-state index contributed by atoms with van der Waals surface area (Å²) >= 11 is 0. The number of aromatic nitrogens is 4. The first-order valence-electron chi connectivity index (χ1n) is 5.66. The molecule has 3 aromatic heterocycles. The van der Waals surface area contributed by atoms with Crippen molar-refractivity contribution in [1.82, 2.24) is 19.4 Å². The quantitative estimate of drug-likeness (QED) is 0.720. The van der Waals surface area contributed by atoms with E-state index in [1.807, 2.05) is 35.0 Å². The van der Waals surface area contributed by atoms with Gasteiger partial charge in [0.05, 0.1) is 11.9 Å². The van der Waals surface area contributed by atoms with Gasteiger partial charge in [0.1, 0.15) is 12.3 Å². The molecule has 7 heteroatoms. The Morgan fingerprint density at radius 1 is 1.21 bits per heavy atom. The molecule has 0 saturated carbocycles. The standard InChI is InChI=1S/C12H12N6O/c13-11-9(5-15-12(14)17-11)19-7-8-6-18-4-2-1-3-10(18)16-8/h1-6H,7H2,(H4,13,14,15,17). The first-order valence-corrected chi connectivity index (χ1v) is 5.66. The van der Waals surface area contributed by atoms with Gasteiger partial charge in [-0.3, -0.25) is 0 Å². The molecule has 0 fully saturated rings. The Morgan fingerprint density at radius 2 is 2.11 bits per heavy atom. The zero-order valence-corrected chi connectivity index (χ0v) is 10.0. The van der Waals surface area contributed by atoms with Crippen molar-refractivity contribution in [2.45, 2.75) is 6.61 Å². The van der Waals surface area contributed by atoms with E-state index < -0.39 is 0 Å². The van der Waals surface area contributed by atoms with Gasteiger partial charge >= 0.3 is 0 Å². The monoisotopic (exact) mass is 256 g/mol. The third kappa shape index (κ3) is 2.25. The van der Waals surface area contributed by atoms with Crippen molar-refractivity contribution >= 4 is 17.4 Å². The molecule has 0 aliphatic rings. The highest BCUT2D eigenvalue weighted by atomic mass is 16.5. The molecule has 7 nitrogen and oxygen atoms in total. The van der Waals surface area contributed by atoms with E-state index in [4.69, 9.17) is 16.2 Å². The molecule has 4 N–H and O–H groups in total. The molecule has 0 saturated heterocycles. The Hall–Kier alpha value is -2.83. The number of nitrogen functional groups attached to an aromatic ring is 2. The first-order chi connectivity index (χ1) is 9.22. The van der Waals surface area contributed by atoms with Crippen LogP contribution in [0.3, 0.4) is 0 Å². The lowest BCUT2D eigenvalue weighted by Gasteiger charge is -2.05. The third-order valence-corrected chi connectivity index (χ3v) is 2.59. The topological polar surface area (TPSA) is 104 Å². The predicted molar refractivity (Wildman–Crippen MR) is 70.4 cm³/mol. The number of nitrogens with two attached hydrogens (primary N) is 2. The maximum absolute atomic E-state index is 5.68. The second kappa shape index (κ2) is 4.45. The van der Waals surface area contributed by atoms with Gasteiger partial charge < -0.3 is 20.6 Å². The molecule has 0 unspecified atom stereocenters. The Bertz CT molecular complexity index is 690. The minimum Gasteiger partial charge on any atom is -0.482 e. The van der Waals surface area contributed by atoms with Crippen molar-refractivity contribution in [2.75, 3.05) is 11.5 Å². The summed E-state index contributed by atoms with van der Waals surface area (Å²) in [7, 11) is 0. The van der Waals surface area contributed by atoms with Crippen molar-refractivity contribution in [3.63, 3.8) is 0 Å². The molecule has 96 valence electrons. The molecule has 0 bridgehead atoms.